The van der Waals surface area contributed by atoms with Crippen LogP contribution in [-0.2, 0) is 16.0 Å². The number of thioether (sulfide) groups is 1. The van der Waals surface area contributed by atoms with Crippen LogP contribution in [0, 0.1) is 23.2 Å². The minimum absolute atomic E-state index is 0.0212. The smallest absolute Gasteiger partial charge is 0.240 e. The number of anilines is 1. The maximum absolute atomic E-state index is 13.2. The quantitative estimate of drug-likeness (QED) is 0.655. The molecule has 3 aliphatic rings. The number of amides is 2. The number of nitrogens with one attached hydrogen (secondary N) is 1. The number of hydrogen-bond acceptors (Lipinski definition) is 7. The predicted molar refractivity (Wildman–Crippen MR) is 135 cm³/mol. The van der Waals surface area contributed by atoms with Gasteiger partial charge in [0.1, 0.15) is 0 Å². The van der Waals surface area contributed by atoms with Crippen LogP contribution >= 0.6 is 23.1 Å². The molecule has 33 heavy (non-hydrogen) atoms. The number of likely N-dealkylation sites (N-methyl/N-ethyl adjacent to an activating group) is 1. The zero-order chi connectivity index (χ0) is 23.9. The molecule has 2 fully saturated rings. The van der Waals surface area contributed by atoms with Crippen LogP contribution in [0.3, 0.4) is 0 Å². The van der Waals surface area contributed by atoms with E-state index in [0.717, 1.165) is 49.6 Å². The van der Waals surface area contributed by atoms with Crippen molar-refractivity contribution in [2.75, 3.05) is 50.6 Å². The van der Waals surface area contributed by atoms with E-state index in [1.165, 1.54) is 4.88 Å². The summed E-state index contributed by atoms with van der Waals surface area (Å²) in [5, 5.41) is 15.2. The normalized spacial score (nSPS) is 32.8. The van der Waals surface area contributed by atoms with Gasteiger partial charge in [-0.2, -0.15) is 11.8 Å². The van der Waals surface area contributed by atoms with Crippen molar-refractivity contribution in [2.45, 2.75) is 52.1 Å². The van der Waals surface area contributed by atoms with Crippen molar-refractivity contribution in [1.29, 1.82) is 0 Å². The first-order chi connectivity index (χ1) is 15.6. The minimum atomic E-state index is -0.529. The highest BCUT2D eigenvalue weighted by Crippen LogP contribution is 2.57. The first-order valence-electron chi connectivity index (χ1n) is 12.1. The molecule has 7 nitrogen and oxygen atoms in total. The van der Waals surface area contributed by atoms with E-state index in [1.54, 1.807) is 11.3 Å². The van der Waals surface area contributed by atoms with Gasteiger partial charge in [-0.25, -0.2) is 4.98 Å². The van der Waals surface area contributed by atoms with Gasteiger partial charge in [0.05, 0.1) is 18.3 Å². The predicted octanol–water partition coefficient (Wildman–Crippen LogP) is 2.91. The van der Waals surface area contributed by atoms with Crippen molar-refractivity contribution in [3.8, 4) is 0 Å². The molecule has 6 atom stereocenters. The van der Waals surface area contributed by atoms with E-state index in [-0.39, 0.29) is 40.9 Å². The Labute approximate surface area is 205 Å². The number of hydrogen-bond donors (Lipinski definition) is 2. The first-order valence-corrected chi connectivity index (χ1v) is 14.1. The molecule has 2 amide bonds. The topological polar surface area (TPSA) is 85.8 Å². The van der Waals surface area contributed by atoms with Crippen LogP contribution in [0.2, 0.25) is 0 Å². The van der Waals surface area contributed by atoms with Crippen molar-refractivity contribution in [1.82, 2.24) is 14.8 Å². The monoisotopic (exact) mass is 494 g/mol. The fourth-order valence-corrected chi connectivity index (χ4v) is 8.48. The van der Waals surface area contributed by atoms with Crippen molar-refractivity contribution in [2.24, 2.45) is 23.2 Å². The van der Waals surface area contributed by atoms with Crippen molar-refractivity contribution >= 4 is 40.0 Å². The molecular formula is C24H38N4O3S2. The molecule has 2 heterocycles. The average molecular weight is 495 g/mol. The highest BCUT2D eigenvalue weighted by molar-refractivity contribution is 7.99. The molecule has 2 aliphatic carbocycles. The van der Waals surface area contributed by atoms with Gasteiger partial charge in [0.15, 0.2) is 5.13 Å². The summed E-state index contributed by atoms with van der Waals surface area (Å²) in [5.74, 6) is 2.10. The lowest BCUT2D eigenvalue weighted by molar-refractivity contribution is -0.144. The highest BCUT2D eigenvalue weighted by atomic mass is 32.2. The zero-order valence-electron chi connectivity index (χ0n) is 20.5. The molecule has 0 radical (unpaired) electrons. The molecule has 0 aromatic carbocycles. The van der Waals surface area contributed by atoms with Crippen LogP contribution in [-0.4, -0.2) is 83.0 Å². The van der Waals surface area contributed by atoms with Crippen LogP contribution in [0.4, 0.5) is 5.13 Å². The largest absolute Gasteiger partial charge is 0.392 e. The Kier molecular flexibility index (Phi) is 7.44. The first kappa shape index (κ1) is 24.9. The fourth-order valence-electron chi connectivity index (χ4n) is 6.30. The summed E-state index contributed by atoms with van der Waals surface area (Å²) in [6.07, 6.45) is 2.21. The summed E-state index contributed by atoms with van der Waals surface area (Å²) in [4.78, 5) is 35.3. The molecule has 1 saturated carbocycles. The van der Waals surface area contributed by atoms with Gasteiger partial charge < -0.3 is 20.2 Å². The summed E-state index contributed by atoms with van der Waals surface area (Å²) in [6.45, 7) is 8.42. The standard InChI is InChI=1S/C24H38N4O3S2/c1-14(22(31)28-8-10-32-11-9-28)16-6-7-24(3)12-17-20(15(2)19(24)21(16)30)26-23(33-17)25-18(29)13-27(4)5/h14-16,19,21,30H,6-13H2,1-5H3,(H,25,26,29)/t14-,15-,16?,19+,21-,24-/m0/s1. The van der Waals surface area contributed by atoms with Crippen molar-refractivity contribution < 1.29 is 14.7 Å². The second-order valence-corrected chi connectivity index (χ2v) is 13.0. The minimum Gasteiger partial charge on any atom is -0.392 e. The number of aromatic nitrogens is 1. The summed E-state index contributed by atoms with van der Waals surface area (Å²) < 4.78 is 0. The third kappa shape index (κ3) is 4.97. The van der Waals surface area contributed by atoms with E-state index >= 15 is 0 Å². The average Bonchev–Trinajstić information content (AvgIpc) is 3.14. The Bertz CT molecular complexity index is 885. The second-order valence-electron chi connectivity index (χ2n) is 10.7. The van der Waals surface area contributed by atoms with E-state index in [4.69, 9.17) is 4.98 Å². The zero-order valence-corrected chi connectivity index (χ0v) is 22.1. The Hall–Kier alpha value is -1.16. The molecule has 0 bridgehead atoms. The molecule has 9 heteroatoms. The van der Waals surface area contributed by atoms with E-state index in [2.05, 4.69) is 19.2 Å². The molecule has 1 aliphatic heterocycles. The van der Waals surface area contributed by atoms with Crippen molar-refractivity contribution in [3.05, 3.63) is 10.6 Å². The maximum Gasteiger partial charge on any atom is 0.240 e. The number of aliphatic hydroxyl groups excluding tert-OH is 1. The number of nitrogens with zero attached hydrogens (tertiary/aromatic N) is 3. The van der Waals surface area contributed by atoms with E-state index in [1.807, 2.05) is 42.6 Å². The lowest BCUT2D eigenvalue weighted by Crippen LogP contribution is -2.54. The van der Waals surface area contributed by atoms with Gasteiger partial charge >= 0.3 is 0 Å². The van der Waals surface area contributed by atoms with Crippen molar-refractivity contribution in [3.63, 3.8) is 0 Å². The van der Waals surface area contributed by atoms with Crippen LogP contribution in [0.25, 0.3) is 0 Å². The molecule has 1 unspecified atom stereocenters. The summed E-state index contributed by atoms with van der Waals surface area (Å²) in [6, 6.07) is 0. The summed E-state index contributed by atoms with van der Waals surface area (Å²) >= 11 is 3.48. The van der Waals surface area contributed by atoms with Crippen LogP contribution in [0.1, 0.15) is 50.1 Å². The Morgan fingerprint density at radius 3 is 2.70 bits per heavy atom. The van der Waals surface area contributed by atoms with Crippen LogP contribution in [0.5, 0.6) is 0 Å². The molecule has 1 saturated heterocycles. The molecule has 4 rings (SSSR count). The van der Waals surface area contributed by atoms with Gasteiger partial charge in [-0.15, -0.1) is 11.3 Å². The number of aliphatic hydroxyl groups is 1. The Morgan fingerprint density at radius 2 is 2.03 bits per heavy atom. The summed E-state index contributed by atoms with van der Waals surface area (Å²) in [7, 11) is 3.74. The van der Waals surface area contributed by atoms with E-state index in [0.29, 0.717) is 11.7 Å². The van der Waals surface area contributed by atoms with Gasteiger partial charge in [0.2, 0.25) is 11.8 Å². The third-order valence-corrected chi connectivity index (χ3v) is 9.91. The lowest BCUT2D eigenvalue weighted by Gasteiger charge is -2.53. The Morgan fingerprint density at radius 1 is 1.33 bits per heavy atom. The number of rotatable bonds is 5. The number of carbonyl (C=O) groups excluding carboxylic acids is 2. The van der Waals surface area contributed by atoms with Gasteiger partial charge in [-0.3, -0.25) is 9.59 Å². The molecule has 184 valence electrons. The summed E-state index contributed by atoms with van der Waals surface area (Å²) in [5.41, 5.74) is 0.985. The Balaban J connectivity index is 1.51. The van der Waals surface area contributed by atoms with E-state index < -0.39 is 6.10 Å². The van der Waals surface area contributed by atoms with Crippen LogP contribution < -0.4 is 5.32 Å². The SMILES string of the molecule is C[C@H](C(=O)N1CCSCC1)C1CC[C@@]2(C)Cc3sc(NC(=O)CN(C)C)nc3[C@@H](C)[C@@H]2[C@H]1O. The molecule has 2 N–H and O–H groups in total. The third-order valence-electron chi connectivity index (χ3n) is 7.98. The van der Waals surface area contributed by atoms with Gasteiger partial charge in [-0.1, -0.05) is 20.8 Å². The second kappa shape index (κ2) is 9.84. The van der Waals surface area contributed by atoms with Gasteiger partial charge in [-0.05, 0) is 50.6 Å². The molecule has 0 spiro atoms. The lowest BCUT2D eigenvalue weighted by atomic mass is 9.53. The molecule has 1 aromatic heterocycles. The highest BCUT2D eigenvalue weighted by Gasteiger charge is 2.54. The maximum atomic E-state index is 13.2. The van der Waals surface area contributed by atoms with E-state index in [9.17, 15) is 14.7 Å². The fraction of sp³-hybridized carbons (Fsp3) is 0.792. The van der Waals surface area contributed by atoms with Gasteiger partial charge in [0.25, 0.3) is 0 Å². The number of thiazole rings is 1. The van der Waals surface area contributed by atoms with Crippen LogP contribution in [0.15, 0.2) is 0 Å². The number of carbonyl (C=O) groups is 2. The molecule has 1 aromatic rings. The van der Waals surface area contributed by atoms with Gasteiger partial charge in [0, 0.05) is 41.3 Å². The number of fused-ring (bicyclic) bond motifs is 2. The molecular weight excluding hydrogens is 456 g/mol.